The summed E-state index contributed by atoms with van der Waals surface area (Å²) in [5.74, 6) is -1.02. The standard InChI is InChI=1S/C18H13N5O2S2/c19-15(24)14-17(23-16(25)11-5-7-26-9-11)27-18(22-14)21-13-3-1-2-10-8-20-6-4-12(10)13/h1-9H,(H2,19,24)(H,21,22)(H,23,25). The molecule has 3 heterocycles. The Morgan fingerprint density at radius 2 is 2.04 bits per heavy atom. The molecular formula is C18H13N5O2S2. The van der Waals surface area contributed by atoms with E-state index in [1.165, 1.54) is 11.3 Å². The molecule has 4 N–H and O–H groups in total. The van der Waals surface area contributed by atoms with Gasteiger partial charge in [0.05, 0.1) is 5.56 Å². The van der Waals surface area contributed by atoms with Crippen LogP contribution in [-0.4, -0.2) is 21.8 Å². The van der Waals surface area contributed by atoms with Gasteiger partial charge < -0.3 is 16.4 Å². The molecule has 0 unspecified atom stereocenters. The molecule has 3 aromatic heterocycles. The van der Waals surface area contributed by atoms with Gasteiger partial charge in [-0.1, -0.05) is 23.5 Å². The number of hydrogen-bond acceptors (Lipinski definition) is 7. The molecule has 0 saturated carbocycles. The summed E-state index contributed by atoms with van der Waals surface area (Å²) in [6.45, 7) is 0. The zero-order valence-electron chi connectivity index (χ0n) is 13.8. The van der Waals surface area contributed by atoms with Crippen molar-refractivity contribution in [1.82, 2.24) is 9.97 Å². The summed E-state index contributed by atoms with van der Waals surface area (Å²) >= 11 is 2.56. The summed E-state index contributed by atoms with van der Waals surface area (Å²) in [5, 5.41) is 12.1. The van der Waals surface area contributed by atoms with E-state index in [0.29, 0.717) is 15.7 Å². The molecule has 0 bridgehead atoms. The maximum absolute atomic E-state index is 12.3. The van der Waals surface area contributed by atoms with E-state index in [0.717, 1.165) is 27.8 Å². The Morgan fingerprint density at radius 1 is 1.15 bits per heavy atom. The van der Waals surface area contributed by atoms with E-state index in [9.17, 15) is 9.59 Å². The lowest BCUT2D eigenvalue weighted by Crippen LogP contribution is -2.17. The minimum Gasteiger partial charge on any atom is -0.364 e. The Morgan fingerprint density at radius 3 is 2.81 bits per heavy atom. The number of pyridine rings is 1. The number of nitrogens with one attached hydrogen (secondary N) is 2. The highest BCUT2D eigenvalue weighted by Gasteiger charge is 2.19. The van der Waals surface area contributed by atoms with Crippen molar-refractivity contribution in [3.05, 3.63) is 64.7 Å². The second-order valence-corrected chi connectivity index (χ2v) is 7.33. The zero-order valence-corrected chi connectivity index (χ0v) is 15.4. The van der Waals surface area contributed by atoms with E-state index < -0.39 is 5.91 Å². The van der Waals surface area contributed by atoms with E-state index in [-0.39, 0.29) is 11.6 Å². The van der Waals surface area contributed by atoms with Crippen LogP contribution in [0.15, 0.2) is 53.5 Å². The third-order valence-electron chi connectivity index (χ3n) is 3.79. The third-order valence-corrected chi connectivity index (χ3v) is 5.36. The smallest absolute Gasteiger partial charge is 0.270 e. The number of hydrogen-bond donors (Lipinski definition) is 3. The van der Waals surface area contributed by atoms with Crippen LogP contribution < -0.4 is 16.4 Å². The van der Waals surface area contributed by atoms with E-state index in [1.54, 1.807) is 29.2 Å². The van der Waals surface area contributed by atoms with Crippen molar-refractivity contribution in [2.24, 2.45) is 5.73 Å². The van der Waals surface area contributed by atoms with E-state index >= 15 is 0 Å². The summed E-state index contributed by atoms with van der Waals surface area (Å²) in [6.07, 6.45) is 3.47. The molecule has 27 heavy (non-hydrogen) atoms. The van der Waals surface area contributed by atoms with Crippen molar-refractivity contribution in [3.63, 3.8) is 0 Å². The van der Waals surface area contributed by atoms with E-state index in [1.807, 2.05) is 24.3 Å². The van der Waals surface area contributed by atoms with Crippen LogP contribution in [0, 0.1) is 0 Å². The maximum atomic E-state index is 12.3. The van der Waals surface area contributed by atoms with Gasteiger partial charge in [-0.3, -0.25) is 14.6 Å². The average molecular weight is 395 g/mol. The van der Waals surface area contributed by atoms with Crippen LogP contribution in [0.25, 0.3) is 10.8 Å². The van der Waals surface area contributed by atoms with Crippen LogP contribution in [0.5, 0.6) is 0 Å². The molecule has 0 saturated heterocycles. The molecule has 0 fully saturated rings. The quantitative estimate of drug-likeness (QED) is 0.475. The highest BCUT2D eigenvalue weighted by molar-refractivity contribution is 7.20. The lowest BCUT2D eigenvalue weighted by Gasteiger charge is -2.06. The fraction of sp³-hybridized carbons (Fsp3) is 0. The number of thiazole rings is 1. The molecular weight excluding hydrogens is 382 g/mol. The number of benzene rings is 1. The summed E-state index contributed by atoms with van der Waals surface area (Å²) in [5.41, 5.74) is 6.78. The molecule has 7 nitrogen and oxygen atoms in total. The Bertz CT molecular complexity index is 1130. The first-order valence-corrected chi connectivity index (χ1v) is 9.61. The molecule has 134 valence electrons. The maximum Gasteiger partial charge on any atom is 0.270 e. The number of thiophene rings is 1. The number of primary amides is 1. The largest absolute Gasteiger partial charge is 0.364 e. The predicted molar refractivity (Wildman–Crippen MR) is 108 cm³/mol. The third kappa shape index (κ3) is 3.50. The van der Waals surface area contributed by atoms with Gasteiger partial charge in [-0.2, -0.15) is 11.3 Å². The first kappa shape index (κ1) is 17.1. The SMILES string of the molecule is NC(=O)c1nc(Nc2cccc3cnccc23)sc1NC(=O)c1ccsc1. The van der Waals surface area contributed by atoms with Gasteiger partial charge in [0.1, 0.15) is 5.00 Å². The number of nitrogens with zero attached hydrogens (tertiary/aromatic N) is 2. The minimum atomic E-state index is -0.706. The number of anilines is 3. The molecule has 4 rings (SSSR count). The molecule has 4 aromatic rings. The number of fused-ring (bicyclic) bond motifs is 1. The number of carbonyl (C=O) groups excluding carboxylic acids is 2. The monoisotopic (exact) mass is 395 g/mol. The van der Waals surface area contributed by atoms with E-state index in [2.05, 4.69) is 20.6 Å². The van der Waals surface area contributed by atoms with Gasteiger partial charge in [0.2, 0.25) is 0 Å². The fourth-order valence-electron chi connectivity index (χ4n) is 2.54. The van der Waals surface area contributed by atoms with Gasteiger partial charge >= 0.3 is 0 Å². The topological polar surface area (TPSA) is 110 Å². The van der Waals surface area contributed by atoms with Gasteiger partial charge in [0.15, 0.2) is 10.8 Å². The van der Waals surface area contributed by atoms with Crippen molar-refractivity contribution in [1.29, 1.82) is 0 Å². The van der Waals surface area contributed by atoms with Crippen LogP contribution >= 0.6 is 22.7 Å². The Hall–Kier alpha value is -3.30. The highest BCUT2D eigenvalue weighted by atomic mass is 32.1. The summed E-state index contributed by atoms with van der Waals surface area (Å²) in [6, 6.07) is 9.34. The van der Waals surface area contributed by atoms with Crippen molar-refractivity contribution in [2.45, 2.75) is 0 Å². The molecule has 9 heteroatoms. The van der Waals surface area contributed by atoms with Crippen LogP contribution in [0.1, 0.15) is 20.8 Å². The Kier molecular flexibility index (Phi) is 4.53. The minimum absolute atomic E-state index is 0.0213. The van der Waals surface area contributed by atoms with Crippen molar-refractivity contribution < 1.29 is 9.59 Å². The van der Waals surface area contributed by atoms with Gasteiger partial charge in [-0.05, 0) is 23.6 Å². The Balaban J connectivity index is 1.66. The van der Waals surface area contributed by atoms with Crippen LogP contribution in [0.3, 0.4) is 0 Å². The predicted octanol–water partition coefficient (Wildman–Crippen LogP) is 3.85. The normalized spacial score (nSPS) is 10.7. The van der Waals surface area contributed by atoms with Gasteiger partial charge in [-0.15, -0.1) is 0 Å². The van der Waals surface area contributed by atoms with Crippen molar-refractivity contribution in [2.75, 3.05) is 10.6 Å². The average Bonchev–Trinajstić information content (AvgIpc) is 3.32. The molecule has 2 amide bonds. The van der Waals surface area contributed by atoms with Crippen LogP contribution in [0.2, 0.25) is 0 Å². The molecule has 1 aromatic carbocycles. The number of rotatable bonds is 5. The van der Waals surface area contributed by atoms with Crippen molar-refractivity contribution in [3.8, 4) is 0 Å². The molecule has 0 aliphatic rings. The zero-order chi connectivity index (χ0) is 18.8. The Labute approximate surface area is 161 Å². The number of nitrogens with two attached hydrogens (primary N) is 1. The second-order valence-electron chi connectivity index (χ2n) is 5.55. The van der Waals surface area contributed by atoms with Crippen LogP contribution in [0.4, 0.5) is 15.8 Å². The fourth-order valence-corrected chi connectivity index (χ4v) is 4.05. The molecule has 0 radical (unpaired) electrons. The number of amides is 2. The highest BCUT2D eigenvalue weighted by Crippen LogP contribution is 2.33. The lowest BCUT2D eigenvalue weighted by molar-refractivity contribution is 0.0997. The summed E-state index contributed by atoms with van der Waals surface area (Å²) in [7, 11) is 0. The first-order chi connectivity index (χ1) is 13.1. The molecule has 0 atom stereocenters. The number of carbonyl (C=O) groups is 2. The van der Waals surface area contributed by atoms with Crippen LogP contribution in [-0.2, 0) is 0 Å². The van der Waals surface area contributed by atoms with Gasteiger partial charge in [-0.25, -0.2) is 4.98 Å². The summed E-state index contributed by atoms with van der Waals surface area (Å²) < 4.78 is 0. The molecule has 0 spiro atoms. The van der Waals surface area contributed by atoms with Crippen molar-refractivity contribution >= 4 is 61.1 Å². The number of aromatic nitrogens is 2. The first-order valence-electron chi connectivity index (χ1n) is 7.86. The molecule has 0 aliphatic heterocycles. The van der Waals surface area contributed by atoms with E-state index in [4.69, 9.17) is 5.73 Å². The molecule has 0 aliphatic carbocycles. The second kappa shape index (κ2) is 7.14. The van der Waals surface area contributed by atoms with Gasteiger partial charge in [0, 0.05) is 34.2 Å². The summed E-state index contributed by atoms with van der Waals surface area (Å²) in [4.78, 5) is 32.4. The lowest BCUT2D eigenvalue weighted by atomic mass is 10.1. The van der Waals surface area contributed by atoms with Gasteiger partial charge in [0.25, 0.3) is 11.8 Å².